The van der Waals surface area contributed by atoms with E-state index in [0.717, 1.165) is 58.2 Å². The van der Waals surface area contributed by atoms with E-state index in [9.17, 15) is 13.0 Å². The second-order valence-corrected chi connectivity index (χ2v) is 11.9. The molecule has 0 aromatic rings. The monoisotopic (exact) mass is 489 g/mol. The van der Waals surface area contributed by atoms with Gasteiger partial charge in [-0.15, -0.1) is 0 Å². The summed E-state index contributed by atoms with van der Waals surface area (Å²) in [5.41, 5.74) is 0. The van der Waals surface area contributed by atoms with Gasteiger partial charge in [-0.2, -0.15) is 0 Å². The Morgan fingerprint density at radius 3 is 0.939 bits per heavy atom. The summed E-state index contributed by atoms with van der Waals surface area (Å²) in [7, 11) is -4.22. The lowest BCUT2D eigenvalue weighted by molar-refractivity contribution is -0.918. The van der Waals surface area contributed by atoms with E-state index < -0.39 is 10.1 Å². The van der Waals surface area contributed by atoms with Crippen LogP contribution in [0.25, 0.3) is 0 Å². The molecule has 5 heteroatoms. The van der Waals surface area contributed by atoms with Crippen LogP contribution in [0.1, 0.15) is 156 Å². The summed E-state index contributed by atoms with van der Waals surface area (Å²) >= 11 is 0. The zero-order chi connectivity index (χ0) is 24.7. The molecule has 200 valence electrons. The van der Waals surface area contributed by atoms with Crippen molar-refractivity contribution in [3.05, 3.63) is 0 Å². The Morgan fingerprint density at radius 2 is 0.697 bits per heavy atom. The summed E-state index contributed by atoms with van der Waals surface area (Å²) in [5.74, 6) is -0.200. The molecule has 0 aliphatic heterocycles. The van der Waals surface area contributed by atoms with E-state index in [1.807, 2.05) is 0 Å². The van der Waals surface area contributed by atoms with Gasteiger partial charge >= 0.3 is 0 Å². The fourth-order valence-electron chi connectivity index (χ4n) is 5.08. The smallest absolute Gasteiger partial charge is 0.169 e. The van der Waals surface area contributed by atoms with Gasteiger partial charge < -0.3 is 9.04 Å². The fourth-order valence-corrected chi connectivity index (χ4v) is 6.14. The number of rotatable bonds is 26. The number of quaternary nitrogens is 1. The van der Waals surface area contributed by atoms with Crippen molar-refractivity contribution in [2.24, 2.45) is 0 Å². The Kier molecular flexibility index (Phi) is 22.3. The van der Waals surface area contributed by atoms with Gasteiger partial charge in [0.2, 0.25) is 0 Å². The average Bonchev–Trinajstić information content (AvgIpc) is 2.76. The molecule has 0 fully saturated rings. The lowest BCUT2D eigenvalue weighted by atomic mass is 10.1. The summed E-state index contributed by atoms with van der Waals surface area (Å²) in [6.45, 7) is 9.30. The lowest BCUT2D eigenvalue weighted by Crippen LogP contribution is -2.53. The Bertz CT molecular complexity index is 462. The molecule has 0 spiro atoms. The Morgan fingerprint density at radius 1 is 0.455 bits per heavy atom. The van der Waals surface area contributed by atoms with Gasteiger partial charge in [-0.05, 0) is 38.5 Å². The van der Waals surface area contributed by atoms with Gasteiger partial charge in [-0.25, -0.2) is 8.42 Å². The van der Waals surface area contributed by atoms with E-state index in [1.165, 1.54) is 96.3 Å². The minimum atomic E-state index is -4.22. The number of hydrogen-bond donors (Lipinski definition) is 0. The molecular weight excluding hydrogens is 430 g/mol. The Hall–Kier alpha value is -0.130. The number of nitrogens with zero attached hydrogens (tertiary/aromatic N) is 1. The van der Waals surface area contributed by atoms with Crippen molar-refractivity contribution >= 4 is 10.1 Å². The standard InChI is InChI=1S/C28H59NO3S/c1-4-7-10-13-16-19-22-25-29(28-33(30,31)32,26-23-20-17-14-11-8-5-2)27-24-21-18-15-12-9-6-3/h4-28H2,1-3H3. The van der Waals surface area contributed by atoms with E-state index in [-0.39, 0.29) is 5.88 Å². The van der Waals surface area contributed by atoms with Crippen molar-refractivity contribution in [1.82, 2.24) is 0 Å². The van der Waals surface area contributed by atoms with Crippen LogP contribution >= 0.6 is 0 Å². The van der Waals surface area contributed by atoms with Crippen LogP contribution < -0.4 is 0 Å². The van der Waals surface area contributed by atoms with Gasteiger partial charge in [0.05, 0.1) is 19.6 Å². The second-order valence-electron chi connectivity index (χ2n) is 10.6. The molecule has 0 saturated carbocycles. The SMILES string of the molecule is CCCCCCCCC[N+](CCCCCCCCC)(CCCCCCCCC)CS(=O)(=O)[O-]. The van der Waals surface area contributed by atoms with Crippen molar-refractivity contribution in [1.29, 1.82) is 0 Å². The molecule has 0 rings (SSSR count). The van der Waals surface area contributed by atoms with Gasteiger partial charge in [-0.1, -0.05) is 117 Å². The van der Waals surface area contributed by atoms with Gasteiger partial charge in [0.15, 0.2) is 5.88 Å². The van der Waals surface area contributed by atoms with E-state index in [1.54, 1.807) is 0 Å². The van der Waals surface area contributed by atoms with Crippen LogP contribution in [0.15, 0.2) is 0 Å². The molecule has 0 radical (unpaired) electrons. The maximum Gasteiger partial charge on any atom is 0.169 e. The summed E-state index contributed by atoms with van der Waals surface area (Å²) in [4.78, 5) is 0. The third kappa shape index (κ3) is 22.1. The molecule has 0 aliphatic rings. The van der Waals surface area contributed by atoms with E-state index >= 15 is 0 Å². The van der Waals surface area contributed by atoms with E-state index in [4.69, 9.17) is 0 Å². The van der Waals surface area contributed by atoms with Crippen LogP contribution in [-0.4, -0.2) is 43.0 Å². The minimum Gasteiger partial charge on any atom is -0.744 e. The first kappa shape index (κ1) is 32.9. The first-order valence-corrected chi connectivity index (χ1v) is 16.3. The summed E-state index contributed by atoms with van der Waals surface area (Å²) < 4.78 is 36.2. The van der Waals surface area contributed by atoms with Crippen LogP contribution in [0.3, 0.4) is 0 Å². The highest BCUT2D eigenvalue weighted by Gasteiger charge is 2.28. The molecule has 0 heterocycles. The molecule has 0 amide bonds. The maximum absolute atomic E-state index is 11.9. The quantitative estimate of drug-likeness (QED) is 0.0694. The summed E-state index contributed by atoms with van der Waals surface area (Å²) in [5, 5.41) is 0. The van der Waals surface area contributed by atoms with Crippen LogP contribution in [-0.2, 0) is 10.1 Å². The molecule has 0 atom stereocenters. The van der Waals surface area contributed by atoms with Crippen LogP contribution in [0, 0.1) is 0 Å². The second kappa shape index (κ2) is 22.3. The summed E-state index contributed by atoms with van der Waals surface area (Å²) in [6.07, 6.45) is 25.8. The molecule has 4 nitrogen and oxygen atoms in total. The normalized spacial score (nSPS) is 12.5. The third-order valence-electron chi connectivity index (χ3n) is 7.14. The highest BCUT2D eigenvalue weighted by atomic mass is 32.2. The molecule has 0 N–H and O–H groups in total. The number of hydrogen-bond acceptors (Lipinski definition) is 3. The Balaban J connectivity index is 4.76. The molecule has 0 bridgehead atoms. The summed E-state index contributed by atoms with van der Waals surface area (Å²) in [6, 6.07) is 0. The van der Waals surface area contributed by atoms with Gasteiger partial charge in [-0.3, -0.25) is 0 Å². The van der Waals surface area contributed by atoms with Crippen LogP contribution in [0.2, 0.25) is 0 Å². The zero-order valence-corrected chi connectivity index (χ0v) is 23.6. The molecule has 0 unspecified atom stereocenters. The van der Waals surface area contributed by atoms with E-state index in [2.05, 4.69) is 20.8 Å². The zero-order valence-electron chi connectivity index (χ0n) is 22.8. The molecule has 0 aliphatic carbocycles. The minimum absolute atomic E-state index is 0.200. The Labute approximate surface area is 208 Å². The van der Waals surface area contributed by atoms with Crippen molar-refractivity contribution in [2.75, 3.05) is 25.5 Å². The van der Waals surface area contributed by atoms with Crippen molar-refractivity contribution in [3.63, 3.8) is 0 Å². The predicted molar refractivity (Wildman–Crippen MR) is 143 cm³/mol. The highest BCUT2D eigenvalue weighted by Crippen LogP contribution is 2.20. The fraction of sp³-hybridized carbons (Fsp3) is 1.00. The maximum atomic E-state index is 11.9. The molecule has 0 aromatic heterocycles. The lowest BCUT2D eigenvalue weighted by Gasteiger charge is -2.39. The van der Waals surface area contributed by atoms with Crippen LogP contribution in [0.5, 0.6) is 0 Å². The van der Waals surface area contributed by atoms with Crippen molar-refractivity contribution < 1.29 is 17.5 Å². The van der Waals surface area contributed by atoms with Crippen LogP contribution in [0.4, 0.5) is 0 Å². The predicted octanol–water partition coefficient (Wildman–Crippen LogP) is 8.56. The third-order valence-corrected chi connectivity index (χ3v) is 8.00. The number of unbranched alkanes of at least 4 members (excludes halogenated alkanes) is 18. The largest absolute Gasteiger partial charge is 0.744 e. The van der Waals surface area contributed by atoms with Crippen molar-refractivity contribution in [2.45, 2.75) is 156 Å². The van der Waals surface area contributed by atoms with E-state index in [0.29, 0.717) is 4.48 Å². The van der Waals surface area contributed by atoms with Crippen molar-refractivity contribution in [3.8, 4) is 0 Å². The van der Waals surface area contributed by atoms with Gasteiger partial charge in [0.1, 0.15) is 10.1 Å². The average molecular weight is 490 g/mol. The topological polar surface area (TPSA) is 57.2 Å². The first-order valence-electron chi connectivity index (χ1n) is 14.7. The van der Waals surface area contributed by atoms with Gasteiger partial charge in [0, 0.05) is 0 Å². The van der Waals surface area contributed by atoms with Gasteiger partial charge in [0.25, 0.3) is 0 Å². The molecule has 0 aromatic carbocycles. The molecule has 33 heavy (non-hydrogen) atoms. The highest BCUT2D eigenvalue weighted by molar-refractivity contribution is 7.85. The molecular formula is C28H59NO3S. The molecule has 0 saturated heterocycles. The first-order chi connectivity index (χ1) is 15.9.